The van der Waals surface area contributed by atoms with Crippen molar-refractivity contribution in [1.29, 1.82) is 0 Å². The van der Waals surface area contributed by atoms with Gasteiger partial charge in [-0.15, -0.1) is 0 Å². The number of primary amides is 1. The van der Waals surface area contributed by atoms with Crippen molar-refractivity contribution >= 4 is 29.5 Å². The molecule has 0 spiro atoms. The molecule has 0 aliphatic heterocycles. The number of hydrogen-bond donors (Lipinski definition) is 4. The molecule has 10 heteroatoms. The van der Waals surface area contributed by atoms with Crippen LogP contribution in [0.2, 0.25) is 0 Å². The lowest BCUT2D eigenvalue weighted by Gasteiger charge is -2.18. The smallest absolute Gasteiger partial charge is 0.316 e. The normalized spacial score (nSPS) is 11.1. The average molecular weight is 413 g/mol. The van der Waals surface area contributed by atoms with Crippen LogP contribution in [0, 0.1) is 0 Å². The van der Waals surface area contributed by atoms with Gasteiger partial charge in [0.2, 0.25) is 5.91 Å². The van der Waals surface area contributed by atoms with Crippen LogP contribution in [-0.2, 0) is 14.3 Å². The summed E-state index contributed by atoms with van der Waals surface area (Å²) in [6.45, 7) is 1.61. The number of pyridine rings is 1. The van der Waals surface area contributed by atoms with Gasteiger partial charge in [0.1, 0.15) is 0 Å². The number of carbonyl (C=O) groups excluding carboxylic acids is 4. The molecular weight excluding hydrogens is 390 g/mol. The molecule has 0 radical (unpaired) electrons. The molecule has 0 saturated carbocycles. The number of esters is 1. The third kappa shape index (κ3) is 7.23. The zero-order valence-electron chi connectivity index (χ0n) is 16.4. The predicted octanol–water partition coefficient (Wildman–Crippen LogP) is 1.11. The largest absolute Gasteiger partial charge is 0.466 e. The van der Waals surface area contributed by atoms with E-state index in [-0.39, 0.29) is 25.1 Å². The van der Waals surface area contributed by atoms with Crippen LogP contribution in [0.3, 0.4) is 0 Å². The summed E-state index contributed by atoms with van der Waals surface area (Å²) in [7, 11) is 0. The van der Waals surface area contributed by atoms with Gasteiger partial charge in [-0.3, -0.25) is 19.4 Å². The molecule has 10 nitrogen and oxygen atoms in total. The molecule has 1 heterocycles. The van der Waals surface area contributed by atoms with E-state index in [1.165, 1.54) is 12.1 Å². The number of ether oxygens (including phenoxy) is 1. The molecule has 158 valence electrons. The molecule has 2 aromatic rings. The molecule has 0 fully saturated rings. The van der Waals surface area contributed by atoms with E-state index < -0.39 is 29.9 Å². The first-order valence-corrected chi connectivity index (χ1v) is 9.18. The minimum atomic E-state index is -0.755. The van der Waals surface area contributed by atoms with Gasteiger partial charge in [-0.25, -0.2) is 4.79 Å². The molecule has 1 unspecified atom stereocenters. The van der Waals surface area contributed by atoms with Gasteiger partial charge >= 0.3 is 12.0 Å². The lowest BCUT2D eigenvalue weighted by molar-refractivity contribution is -0.143. The molecule has 0 aliphatic carbocycles. The molecule has 1 aromatic carbocycles. The van der Waals surface area contributed by atoms with E-state index in [1.807, 2.05) is 0 Å². The molecule has 5 N–H and O–H groups in total. The summed E-state index contributed by atoms with van der Waals surface area (Å²) in [6, 6.07) is 8.11. The zero-order chi connectivity index (χ0) is 21.9. The van der Waals surface area contributed by atoms with E-state index in [9.17, 15) is 19.2 Å². The summed E-state index contributed by atoms with van der Waals surface area (Å²) >= 11 is 0. The third-order valence-electron chi connectivity index (χ3n) is 3.90. The Bertz CT molecular complexity index is 903. The topological polar surface area (TPSA) is 153 Å². The number of rotatable bonds is 9. The average Bonchev–Trinajstić information content (AvgIpc) is 2.72. The van der Waals surface area contributed by atoms with Gasteiger partial charge in [0, 0.05) is 23.6 Å². The van der Waals surface area contributed by atoms with E-state index in [4.69, 9.17) is 10.5 Å². The fraction of sp³-hybridized carbons (Fsp3) is 0.250. The Morgan fingerprint density at radius 1 is 1.17 bits per heavy atom. The van der Waals surface area contributed by atoms with Crippen molar-refractivity contribution < 1.29 is 23.9 Å². The van der Waals surface area contributed by atoms with Crippen molar-refractivity contribution in [1.82, 2.24) is 15.6 Å². The lowest BCUT2D eigenvalue weighted by Crippen LogP contribution is -2.39. The number of anilines is 1. The number of amides is 4. The van der Waals surface area contributed by atoms with Crippen molar-refractivity contribution in [3.05, 3.63) is 59.9 Å². The van der Waals surface area contributed by atoms with Crippen molar-refractivity contribution in [3.8, 4) is 0 Å². The van der Waals surface area contributed by atoms with Gasteiger partial charge < -0.3 is 26.4 Å². The van der Waals surface area contributed by atoms with E-state index in [0.717, 1.165) is 0 Å². The Labute approximate surface area is 173 Å². The van der Waals surface area contributed by atoms with Crippen molar-refractivity contribution in [3.63, 3.8) is 0 Å². The van der Waals surface area contributed by atoms with Crippen LogP contribution in [0.15, 0.2) is 48.8 Å². The Hall–Kier alpha value is -3.95. The van der Waals surface area contributed by atoms with Crippen LogP contribution < -0.4 is 21.7 Å². The molecule has 1 atom stereocenters. The minimum Gasteiger partial charge on any atom is -0.466 e. The quantitative estimate of drug-likeness (QED) is 0.452. The maximum Gasteiger partial charge on any atom is 0.316 e. The monoisotopic (exact) mass is 413 g/mol. The number of aromatic nitrogens is 1. The number of nitrogens with two attached hydrogens (primary N) is 1. The van der Waals surface area contributed by atoms with Gasteiger partial charge in [-0.05, 0) is 36.8 Å². The summed E-state index contributed by atoms with van der Waals surface area (Å²) in [5, 5.41) is 7.55. The highest BCUT2D eigenvalue weighted by atomic mass is 16.5. The van der Waals surface area contributed by atoms with Crippen molar-refractivity contribution in [2.45, 2.75) is 19.4 Å². The van der Waals surface area contributed by atoms with E-state index in [1.54, 1.807) is 43.6 Å². The number of carbonyl (C=O) groups is 4. The Morgan fingerprint density at radius 2 is 1.97 bits per heavy atom. The first kappa shape index (κ1) is 22.3. The van der Waals surface area contributed by atoms with E-state index in [0.29, 0.717) is 11.3 Å². The van der Waals surface area contributed by atoms with Gasteiger partial charge in [0.15, 0.2) is 0 Å². The molecule has 0 saturated heterocycles. The van der Waals surface area contributed by atoms with Crippen LogP contribution in [-0.4, -0.2) is 42.0 Å². The van der Waals surface area contributed by atoms with Crippen LogP contribution in [0.1, 0.15) is 35.3 Å². The third-order valence-corrected chi connectivity index (χ3v) is 3.90. The highest BCUT2D eigenvalue weighted by molar-refractivity contribution is 5.98. The number of nitrogens with one attached hydrogen (secondary N) is 3. The van der Waals surface area contributed by atoms with Crippen LogP contribution in [0.4, 0.5) is 10.5 Å². The summed E-state index contributed by atoms with van der Waals surface area (Å²) in [5.41, 5.74) is 6.28. The fourth-order valence-corrected chi connectivity index (χ4v) is 2.61. The number of hydrogen-bond acceptors (Lipinski definition) is 6. The minimum absolute atomic E-state index is 0.0694. The van der Waals surface area contributed by atoms with E-state index in [2.05, 4.69) is 20.9 Å². The van der Waals surface area contributed by atoms with Gasteiger partial charge in [-0.1, -0.05) is 12.1 Å². The van der Waals surface area contributed by atoms with Crippen molar-refractivity contribution in [2.24, 2.45) is 5.73 Å². The summed E-state index contributed by atoms with van der Waals surface area (Å²) in [6.07, 6.45) is 3.05. The van der Waals surface area contributed by atoms with Gasteiger partial charge in [0.25, 0.3) is 5.91 Å². The summed E-state index contributed by atoms with van der Waals surface area (Å²) < 4.78 is 4.95. The first-order chi connectivity index (χ1) is 14.4. The standard InChI is InChI=1S/C20H23N5O5/c1-2-30-18(27)10-16(14-6-4-8-22-11-14)25-17(26)12-23-19(28)13-5-3-7-15(9-13)24-20(21)29/h3-9,11,16H,2,10,12H2,1H3,(H,23,28)(H,25,26)(H3,21,24,29). The molecule has 30 heavy (non-hydrogen) atoms. The molecule has 1 aromatic heterocycles. The van der Waals surface area contributed by atoms with Crippen LogP contribution in [0.25, 0.3) is 0 Å². The highest BCUT2D eigenvalue weighted by Gasteiger charge is 2.20. The van der Waals surface area contributed by atoms with Crippen LogP contribution >= 0.6 is 0 Å². The Balaban J connectivity index is 1.97. The SMILES string of the molecule is CCOC(=O)CC(NC(=O)CNC(=O)c1cccc(NC(N)=O)c1)c1cccnc1. The Morgan fingerprint density at radius 3 is 2.63 bits per heavy atom. The summed E-state index contributed by atoms with van der Waals surface area (Å²) in [4.78, 5) is 51.4. The molecule has 0 bridgehead atoms. The van der Waals surface area contributed by atoms with Crippen LogP contribution in [0.5, 0.6) is 0 Å². The maximum atomic E-state index is 12.3. The fourth-order valence-electron chi connectivity index (χ4n) is 2.61. The zero-order valence-corrected chi connectivity index (χ0v) is 16.4. The lowest BCUT2D eigenvalue weighted by atomic mass is 10.1. The number of urea groups is 1. The number of nitrogens with zero attached hydrogens (tertiary/aromatic N) is 1. The summed E-state index contributed by atoms with van der Waals surface area (Å²) in [5.74, 6) is -1.47. The van der Waals surface area contributed by atoms with Gasteiger partial charge in [-0.2, -0.15) is 0 Å². The molecule has 2 rings (SSSR count). The second-order valence-corrected chi connectivity index (χ2v) is 6.17. The van der Waals surface area contributed by atoms with Gasteiger partial charge in [0.05, 0.1) is 25.6 Å². The second-order valence-electron chi connectivity index (χ2n) is 6.17. The maximum absolute atomic E-state index is 12.3. The number of benzene rings is 1. The van der Waals surface area contributed by atoms with Crippen molar-refractivity contribution in [2.75, 3.05) is 18.5 Å². The van der Waals surface area contributed by atoms with E-state index >= 15 is 0 Å². The second kappa shape index (κ2) is 11.1. The molecule has 4 amide bonds. The molecule has 0 aliphatic rings. The predicted molar refractivity (Wildman–Crippen MR) is 108 cm³/mol. The highest BCUT2D eigenvalue weighted by Crippen LogP contribution is 2.16. The first-order valence-electron chi connectivity index (χ1n) is 9.18. The molecular formula is C20H23N5O5. The Kier molecular flexibility index (Phi) is 8.30.